The van der Waals surface area contributed by atoms with Crippen LogP contribution >= 0.6 is 12.4 Å². The maximum Gasteiger partial charge on any atom is 0.119 e. The Bertz CT molecular complexity index is 728. The number of rotatable bonds is 10. The van der Waals surface area contributed by atoms with Crippen molar-refractivity contribution in [2.75, 3.05) is 26.2 Å². The number of likely N-dealkylation sites (tertiary alicyclic amines) is 1. The number of aliphatic hydroxyl groups is 1. The number of benzene rings is 2. The van der Waals surface area contributed by atoms with Gasteiger partial charge in [0, 0.05) is 12.5 Å². The lowest BCUT2D eigenvalue weighted by Gasteiger charge is -2.40. The molecule has 2 atom stereocenters. The predicted octanol–water partition coefficient (Wildman–Crippen LogP) is 6.01. The SMILES string of the molecule is CCOc1ccc(C(O)(CCC(C)C)C(CN2CCCC2)c2ccccc2)cc1.Cl. The van der Waals surface area contributed by atoms with Crippen LogP contribution in [0.25, 0.3) is 0 Å². The molecule has 166 valence electrons. The molecular weight excluding hydrogens is 394 g/mol. The Kier molecular flexibility index (Phi) is 9.67. The molecule has 3 rings (SSSR count). The van der Waals surface area contributed by atoms with E-state index in [9.17, 15) is 5.11 Å². The molecule has 2 unspecified atom stereocenters. The van der Waals surface area contributed by atoms with E-state index in [-0.39, 0.29) is 18.3 Å². The van der Waals surface area contributed by atoms with Crippen LogP contribution in [0.2, 0.25) is 0 Å². The molecule has 0 radical (unpaired) electrons. The van der Waals surface area contributed by atoms with Crippen molar-refractivity contribution in [2.24, 2.45) is 5.92 Å². The quantitative estimate of drug-likeness (QED) is 0.499. The molecule has 0 amide bonds. The first kappa shape index (κ1) is 24.7. The topological polar surface area (TPSA) is 32.7 Å². The smallest absolute Gasteiger partial charge is 0.119 e. The Balaban J connectivity index is 0.00000320. The third-order valence-electron chi connectivity index (χ3n) is 6.19. The number of halogens is 1. The van der Waals surface area contributed by atoms with Crippen molar-refractivity contribution >= 4 is 12.4 Å². The Morgan fingerprint density at radius 3 is 2.20 bits per heavy atom. The van der Waals surface area contributed by atoms with Crippen molar-refractivity contribution in [2.45, 2.75) is 58.0 Å². The minimum atomic E-state index is -0.904. The van der Waals surface area contributed by atoms with Gasteiger partial charge in [-0.1, -0.05) is 56.3 Å². The highest BCUT2D eigenvalue weighted by atomic mass is 35.5. The zero-order valence-corrected chi connectivity index (χ0v) is 19.5. The van der Waals surface area contributed by atoms with Crippen LogP contribution in [-0.2, 0) is 5.60 Å². The third kappa shape index (κ3) is 6.23. The second-order valence-electron chi connectivity index (χ2n) is 8.79. The third-order valence-corrected chi connectivity index (χ3v) is 6.19. The van der Waals surface area contributed by atoms with Crippen LogP contribution < -0.4 is 4.74 Å². The highest BCUT2D eigenvalue weighted by Gasteiger charge is 2.40. The second-order valence-corrected chi connectivity index (χ2v) is 8.79. The Morgan fingerprint density at radius 1 is 1.00 bits per heavy atom. The first-order valence-corrected chi connectivity index (χ1v) is 11.3. The molecule has 0 bridgehead atoms. The molecule has 1 heterocycles. The van der Waals surface area contributed by atoms with Crippen LogP contribution in [0, 0.1) is 5.92 Å². The van der Waals surface area contributed by atoms with E-state index in [1.165, 1.54) is 18.4 Å². The van der Waals surface area contributed by atoms with Crippen molar-refractivity contribution < 1.29 is 9.84 Å². The molecule has 0 aromatic heterocycles. The average Bonchev–Trinajstić information content (AvgIpc) is 3.25. The van der Waals surface area contributed by atoms with Gasteiger partial charge in [0.1, 0.15) is 5.75 Å². The van der Waals surface area contributed by atoms with E-state index >= 15 is 0 Å². The summed E-state index contributed by atoms with van der Waals surface area (Å²) in [5, 5.41) is 12.3. The molecule has 1 aliphatic rings. The van der Waals surface area contributed by atoms with Crippen LogP contribution in [-0.4, -0.2) is 36.2 Å². The fourth-order valence-electron chi connectivity index (χ4n) is 4.48. The summed E-state index contributed by atoms with van der Waals surface area (Å²) in [5.41, 5.74) is 1.31. The van der Waals surface area contributed by atoms with Crippen LogP contribution in [0.1, 0.15) is 63.5 Å². The van der Waals surface area contributed by atoms with Crippen LogP contribution in [0.4, 0.5) is 0 Å². The summed E-state index contributed by atoms with van der Waals surface area (Å²) in [7, 11) is 0. The summed E-state index contributed by atoms with van der Waals surface area (Å²) < 4.78 is 5.63. The van der Waals surface area contributed by atoms with Gasteiger partial charge >= 0.3 is 0 Å². The van der Waals surface area contributed by atoms with E-state index in [2.05, 4.69) is 61.2 Å². The molecule has 1 N–H and O–H groups in total. The molecule has 1 saturated heterocycles. The lowest BCUT2D eigenvalue weighted by Crippen LogP contribution is -2.40. The molecule has 0 saturated carbocycles. The summed E-state index contributed by atoms with van der Waals surface area (Å²) in [6.45, 7) is 10.3. The van der Waals surface area contributed by atoms with Gasteiger partial charge < -0.3 is 14.7 Å². The van der Waals surface area contributed by atoms with Crippen molar-refractivity contribution in [3.8, 4) is 5.75 Å². The Hall–Kier alpha value is -1.55. The van der Waals surface area contributed by atoms with E-state index in [4.69, 9.17) is 4.74 Å². The molecule has 0 aliphatic carbocycles. The van der Waals surface area contributed by atoms with Gasteiger partial charge in [-0.3, -0.25) is 0 Å². The number of hydrogen-bond donors (Lipinski definition) is 1. The largest absolute Gasteiger partial charge is 0.494 e. The van der Waals surface area contributed by atoms with Crippen molar-refractivity contribution in [3.05, 3.63) is 65.7 Å². The zero-order valence-electron chi connectivity index (χ0n) is 18.7. The number of ether oxygens (including phenoxy) is 1. The summed E-state index contributed by atoms with van der Waals surface area (Å²) >= 11 is 0. The van der Waals surface area contributed by atoms with E-state index < -0.39 is 5.60 Å². The maximum absolute atomic E-state index is 12.3. The van der Waals surface area contributed by atoms with Crippen LogP contribution in [0.15, 0.2) is 54.6 Å². The zero-order chi connectivity index (χ0) is 20.7. The van der Waals surface area contributed by atoms with Gasteiger partial charge in [0.15, 0.2) is 0 Å². The summed E-state index contributed by atoms with van der Waals surface area (Å²) in [5.74, 6) is 1.45. The molecule has 4 heteroatoms. The standard InChI is InChI=1S/C26H37NO2.ClH/c1-4-29-24-14-12-23(13-15-24)26(28,17-16-21(2)3)25(20-27-18-8-9-19-27)22-10-6-5-7-11-22;/h5-7,10-15,21,25,28H,4,8-9,16-20H2,1-3H3;1H. The summed E-state index contributed by atoms with van der Waals surface area (Å²) in [6.07, 6.45) is 4.27. The van der Waals surface area contributed by atoms with E-state index in [1.54, 1.807) is 0 Å². The van der Waals surface area contributed by atoms with Gasteiger partial charge in [0.2, 0.25) is 0 Å². The Morgan fingerprint density at radius 2 is 1.63 bits per heavy atom. The van der Waals surface area contributed by atoms with Gasteiger partial charge in [0.05, 0.1) is 12.2 Å². The van der Waals surface area contributed by atoms with Gasteiger partial charge in [0.25, 0.3) is 0 Å². The average molecular weight is 432 g/mol. The molecule has 2 aromatic carbocycles. The fraction of sp³-hybridized carbons (Fsp3) is 0.538. The molecule has 2 aromatic rings. The minimum absolute atomic E-state index is 0. The predicted molar refractivity (Wildman–Crippen MR) is 128 cm³/mol. The van der Waals surface area contributed by atoms with E-state index in [0.717, 1.165) is 43.8 Å². The van der Waals surface area contributed by atoms with Crippen molar-refractivity contribution in [1.29, 1.82) is 0 Å². The molecule has 30 heavy (non-hydrogen) atoms. The first-order valence-electron chi connectivity index (χ1n) is 11.3. The number of nitrogens with zero attached hydrogens (tertiary/aromatic N) is 1. The van der Waals surface area contributed by atoms with Crippen LogP contribution in [0.3, 0.4) is 0 Å². The van der Waals surface area contributed by atoms with Gasteiger partial charge in [-0.2, -0.15) is 0 Å². The summed E-state index contributed by atoms with van der Waals surface area (Å²) in [6, 6.07) is 18.7. The van der Waals surface area contributed by atoms with Gasteiger partial charge in [-0.05, 0) is 74.9 Å². The lowest BCUT2D eigenvalue weighted by molar-refractivity contribution is -0.0154. The molecule has 3 nitrogen and oxygen atoms in total. The normalized spacial score (nSPS) is 17.4. The molecule has 1 fully saturated rings. The fourth-order valence-corrected chi connectivity index (χ4v) is 4.48. The highest BCUT2D eigenvalue weighted by molar-refractivity contribution is 5.85. The summed E-state index contributed by atoms with van der Waals surface area (Å²) in [4.78, 5) is 2.52. The molecule has 0 spiro atoms. The second kappa shape index (κ2) is 11.7. The van der Waals surface area contributed by atoms with Crippen molar-refractivity contribution in [3.63, 3.8) is 0 Å². The minimum Gasteiger partial charge on any atom is -0.494 e. The lowest BCUT2D eigenvalue weighted by atomic mass is 9.73. The molecular formula is C26H38ClNO2. The van der Waals surface area contributed by atoms with Crippen molar-refractivity contribution in [1.82, 2.24) is 4.90 Å². The highest BCUT2D eigenvalue weighted by Crippen LogP contribution is 2.43. The Labute approximate surface area is 188 Å². The molecule has 1 aliphatic heterocycles. The maximum atomic E-state index is 12.3. The number of hydrogen-bond acceptors (Lipinski definition) is 3. The monoisotopic (exact) mass is 431 g/mol. The first-order chi connectivity index (χ1) is 14.0. The van der Waals surface area contributed by atoms with E-state index in [0.29, 0.717) is 12.5 Å². The van der Waals surface area contributed by atoms with E-state index in [1.807, 2.05) is 19.1 Å². The van der Waals surface area contributed by atoms with Gasteiger partial charge in [-0.25, -0.2) is 0 Å². The van der Waals surface area contributed by atoms with Crippen LogP contribution in [0.5, 0.6) is 5.75 Å². The van der Waals surface area contributed by atoms with Gasteiger partial charge in [-0.15, -0.1) is 12.4 Å².